The first-order valence-corrected chi connectivity index (χ1v) is 8.72. The van der Waals surface area contributed by atoms with Gasteiger partial charge in [0.15, 0.2) is 0 Å². The third kappa shape index (κ3) is 5.51. The SMILES string of the molecule is CN(CCc1ccccn1)C(=O)CNC(=O)N(C)C1CCCCC1. The maximum absolute atomic E-state index is 12.2. The number of carbonyl (C=O) groups excluding carboxylic acids is 2. The lowest BCUT2D eigenvalue weighted by Crippen LogP contribution is -2.47. The molecule has 24 heavy (non-hydrogen) atoms. The minimum atomic E-state index is -0.159. The minimum Gasteiger partial charge on any atom is -0.344 e. The molecule has 1 heterocycles. The molecule has 2 rings (SSSR count). The summed E-state index contributed by atoms with van der Waals surface area (Å²) in [6, 6.07) is 5.89. The molecule has 0 bridgehead atoms. The lowest BCUT2D eigenvalue weighted by Gasteiger charge is -2.31. The fourth-order valence-electron chi connectivity index (χ4n) is 3.00. The van der Waals surface area contributed by atoms with Crippen molar-refractivity contribution in [2.45, 2.75) is 44.6 Å². The summed E-state index contributed by atoms with van der Waals surface area (Å²) in [6.07, 6.45) is 8.18. The Labute approximate surface area is 144 Å². The van der Waals surface area contributed by atoms with Crippen LogP contribution >= 0.6 is 0 Å². The monoisotopic (exact) mass is 332 g/mol. The van der Waals surface area contributed by atoms with Crippen LogP contribution in [-0.4, -0.2) is 59.9 Å². The van der Waals surface area contributed by atoms with Crippen LogP contribution in [0, 0.1) is 0 Å². The summed E-state index contributed by atoms with van der Waals surface area (Å²) in [6.45, 7) is 0.624. The number of nitrogens with zero attached hydrogens (tertiary/aromatic N) is 3. The smallest absolute Gasteiger partial charge is 0.317 e. The summed E-state index contributed by atoms with van der Waals surface area (Å²) in [5, 5.41) is 2.74. The summed E-state index contributed by atoms with van der Waals surface area (Å²) < 4.78 is 0. The maximum Gasteiger partial charge on any atom is 0.317 e. The molecular weight excluding hydrogens is 304 g/mol. The summed E-state index contributed by atoms with van der Waals surface area (Å²) in [5.74, 6) is -0.0867. The molecule has 1 aliphatic rings. The van der Waals surface area contributed by atoms with Gasteiger partial charge in [-0.2, -0.15) is 0 Å². The fourth-order valence-corrected chi connectivity index (χ4v) is 3.00. The zero-order chi connectivity index (χ0) is 17.4. The quantitative estimate of drug-likeness (QED) is 0.867. The number of hydrogen-bond acceptors (Lipinski definition) is 3. The number of pyridine rings is 1. The van der Waals surface area contributed by atoms with Crippen LogP contribution in [0.4, 0.5) is 4.79 Å². The predicted molar refractivity (Wildman–Crippen MR) is 93.6 cm³/mol. The first-order valence-electron chi connectivity index (χ1n) is 8.72. The first-order chi connectivity index (χ1) is 11.6. The zero-order valence-corrected chi connectivity index (χ0v) is 14.7. The van der Waals surface area contributed by atoms with Gasteiger partial charge in [0, 0.05) is 45.0 Å². The van der Waals surface area contributed by atoms with E-state index in [9.17, 15) is 9.59 Å². The van der Waals surface area contributed by atoms with E-state index >= 15 is 0 Å². The Morgan fingerprint density at radius 1 is 1.21 bits per heavy atom. The van der Waals surface area contributed by atoms with Gasteiger partial charge in [-0.15, -0.1) is 0 Å². The molecule has 0 saturated heterocycles. The van der Waals surface area contributed by atoms with Crippen molar-refractivity contribution < 1.29 is 9.59 Å². The van der Waals surface area contributed by atoms with E-state index in [0.717, 1.165) is 18.5 Å². The molecule has 1 aliphatic carbocycles. The average molecular weight is 332 g/mol. The van der Waals surface area contributed by atoms with Crippen molar-refractivity contribution in [3.05, 3.63) is 30.1 Å². The zero-order valence-electron chi connectivity index (χ0n) is 14.7. The van der Waals surface area contributed by atoms with Gasteiger partial charge in [0.25, 0.3) is 0 Å². The van der Waals surface area contributed by atoms with Gasteiger partial charge in [0.1, 0.15) is 0 Å². The average Bonchev–Trinajstić information content (AvgIpc) is 2.64. The first kappa shape index (κ1) is 18.2. The van der Waals surface area contributed by atoms with Gasteiger partial charge in [0.2, 0.25) is 5.91 Å². The molecular formula is C18H28N4O2. The minimum absolute atomic E-state index is 0.0363. The van der Waals surface area contributed by atoms with Crippen LogP contribution in [0.15, 0.2) is 24.4 Å². The van der Waals surface area contributed by atoms with Crippen LogP contribution < -0.4 is 5.32 Å². The Kier molecular flexibility index (Phi) is 7.03. The normalized spacial score (nSPS) is 14.9. The molecule has 1 fully saturated rings. The lowest BCUT2D eigenvalue weighted by atomic mass is 9.95. The molecule has 0 aromatic carbocycles. The highest BCUT2D eigenvalue weighted by atomic mass is 16.2. The van der Waals surface area contributed by atoms with Crippen molar-refractivity contribution in [1.29, 1.82) is 0 Å². The predicted octanol–water partition coefficient (Wildman–Crippen LogP) is 2.06. The van der Waals surface area contributed by atoms with Gasteiger partial charge in [-0.1, -0.05) is 25.3 Å². The summed E-state index contributed by atoms with van der Waals surface area (Å²) in [7, 11) is 3.57. The highest BCUT2D eigenvalue weighted by molar-refractivity contribution is 5.83. The van der Waals surface area contributed by atoms with Gasteiger partial charge >= 0.3 is 6.03 Å². The second kappa shape index (κ2) is 9.25. The molecule has 1 aromatic rings. The van der Waals surface area contributed by atoms with E-state index in [-0.39, 0.29) is 18.5 Å². The van der Waals surface area contributed by atoms with Crippen molar-refractivity contribution in [3.8, 4) is 0 Å². The number of aromatic nitrogens is 1. The Morgan fingerprint density at radius 3 is 2.62 bits per heavy atom. The molecule has 6 heteroatoms. The number of rotatable bonds is 6. The van der Waals surface area contributed by atoms with Gasteiger partial charge in [-0.25, -0.2) is 4.79 Å². The molecule has 0 spiro atoms. The Bertz CT molecular complexity index is 529. The largest absolute Gasteiger partial charge is 0.344 e. The molecule has 3 amide bonds. The molecule has 0 aliphatic heterocycles. The number of amides is 3. The van der Waals surface area contributed by atoms with E-state index in [0.29, 0.717) is 19.0 Å². The topological polar surface area (TPSA) is 65.5 Å². The number of nitrogens with one attached hydrogen (secondary N) is 1. The molecule has 1 aromatic heterocycles. The van der Waals surface area contributed by atoms with Crippen LogP contribution in [0.5, 0.6) is 0 Å². The Morgan fingerprint density at radius 2 is 1.96 bits per heavy atom. The van der Waals surface area contributed by atoms with E-state index < -0.39 is 0 Å². The van der Waals surface area contributed by atoms with E-state index in [1.54, 1.807) is 23.0 Å². The standard InChI is InChI=1S/C18H28N4O2/c1-21(13-11-15-8-6-7-12-19-15)17(23)14-20-18(24)22(2)16-9-4-3-5-10-16/h6-8,12,16H,3-5,9-11,13-14H2,1-2H3,(H,20,24). The van der Waals surface area contributed by atoms with Crippen molar-refractivity contribution in [2.75, 3.05) is 27.2 Å². The number of carbonyl (C=O) groups is 2. The highest BCUT2D eigenvalue weighted by Crippen LogP contribution is 2.21. The number of hydrogen-bond donors (Lipinski definition) is 1. The Hall–Kier alpha value is -2.11. The Balaban J connectivity index is 1.70. The number of likely N-dealkylation sites (N-methyl/N-ethyl adjacent to an activating group) is 1. The van der Waals surface area contributed by atoms with E-state index in [1.807, 2.05) is 25.2 Å². The second-order valence-corrected chi connectivity index (χ2v) is 6.45. The van der Waals surface area contributed by atoms with Crippen LogP contribution in [0.3, 0.4) is 0 Å². The van der Waals surface area contributed by atoms with Crippen molar-refractivity contribution >= 4 is 11.9 Å². The summed E-state index contributed by atoms with van der Waals surface area (Å²) >= 11 is 0. The van der Waals surface area contributed by atoms with E-state index in [4.69, 9.17) is 0 Å². The highest BCUT2D eigenvalue weighted by Gasteiger charge is 2.22. The van der Waals surface area contributed by atoms with Crippen LogP contribution in [0.2, 0.25) is 0 Å². The molecule has 0 radical (unpaired) electrons. The third-order valence-corrected chi connectivity index (χ3v) is 4.69. The van der Waals surface area contributed by atoms with Crippen LogP contribution in [0.25, 0.3) is 0 Å². The lowest BCUT2D eigenvalue weighted by molar-refractivity contribution is -0.128. The fraction of sp³-hybridized carbons (Fsp3) is 0.611. The second-order valence-electron chi connectivity index (χ2n) is 6.45. The molecule has 132 valence electrons. The van der Waals surface area contributed by atoms with Gasteiger partial charge < -0.3 is 15.1 Å². The number of urea groups is 1. The molecule has 0 unspecified atom stereocenters. The van der Waals surface area contributed by atoms with Gasteiger partial charge in [-0.05, 0) is 25.0 Å². The molecule has 1 saturated carbocycles. The van der Waals surface area contributed by atoms with Crippen molar-refractivity contribution in [3.63, 3.8) is 0 Å². The molecule has 1 N–H and O–H groups in total. The summed E-state index contributed by atoms with van der Waals surface area (Å²) in [4.78, 5) is 32.0. The van der Waals surface area contributed by atoms with Crippen molar-refractivity contribution in [1.82, 2.24) is 20.1 Å². The van der Waals surface area contributed by atoms with E-state index in [1.165, 1.54) is 19.3 Å². The van der Waals surface area contributed by atoms with E-state index in [2.05, 4.69) is 10.3 Å². The molecule has 6 nitrogen and oxygen atoms in total. The van der Waals surface area contributed by atoms with Crippen LogP contribution in [-0.2, 0) is 11.2 Å². The maximum atomic E-state index is 12.2. The van der Waals surface area contributed by atoms with Gasteiger partial charge in [0.05, 0.1) is 6.54 Å². The van der Waals surface area contributed by atoms with Crippen molar-refractivity contribution in [2.24, 2.45) is 0 Å². The molecule has 0 atom stereocenters. The van der Waals surface area contributed by atoms with Gasteiger partial charge in [-0.3, -0.25) is 9.78 Å². The third-order valence-electron chi connectivity index (χ3n) is 4.69. The van der Waals surface area contributed by atoms with Crippen LogP contribution in [0.1, 0.15) is 37.8 Å². The summed E-state index contributed by atoms with van der Waals surface area (Å²) in [5.41, 5.74) is 0.957.